The number of carbonyl (C=O) groups is 1. The highest BCUT2D eigenvalue weighted by Gasteiger charge is 2.52. The predicted octanol–water partition coefficient (Wildman–Crippen LogP) is 5.91. The number of benzene rings is 1. The third-order valence-electron chi connectivity index (χ3n) is 7.90. The van der Waals surface area contributed by atoms with Crippen molar-refractivity contribution in [2.45, 2.75) is 71.3 Å². The average molecular weight is 367 g/mol. The Kier molecular flexibility index (Phi) is 4.72. The summed E-state index contributed by atoms with van der Waals surface area (Å²) in [5.41, 5.74) is 1.03. The van der Waals surface area contributed by atoms with E-state index in [0.717, 1.165) is 25.7 Å². The first-order valence-electron chi connectivity index (χ1n) is 10.8. The van der Waals surface area contributed by atoms with Gasteiger partial charge in [0.25, 0.3) is 0 Å². The zero-order valence-corrected chi connectivity index (χ0v) is 17.3. The van der Waals surface area contributed by atoms with Crippen LogP contribution in [0.1, 0.15) is 65.4 Å². The monoisotopic (exact) mass is 366 g/mol. The normalized spacial score (nSPS) is 38.1. The van der Waals surface area contributed by atoms with Gasteiger partial charge in [0.15, 0.2) is 0 Å². The van der Waals surface area contributed by atoms with Crippen LogP contribution >= 0.6 is 0 Å². The molecular weight excluding hydrogens is 332 g/mol. The molecule has 2 nitrogen and oxygen atoms in total. The van der Waals surface area contributed by atoms with E-state index in [1.165, 1.54) is 12.0 Å². The van der Waals surface area contributed by atoms with E-state index in [2.05, 4.69) is 70.2 Å². The molecule has 2 fully saturated rings. The molecule has 0 spiro atoms. The first-order valence-corrected chi connectivity index (χ1v) is 10.8. The maximum absolute atomic E-state index is 13.3. The number of esters is 1. The van der Waals surface area contributed by atoms with Crippen molar-refractivity contribution in [3.63, 3.8) is 0 Å². The quantitative estimate of drug-likeness (QED) is 0.489. The summed E-state index contributed by atoms with van der Waals surface area (Å²) >= 11 is 0. The molecule has 0 heterocycles. The molecule has 0 aromatic heterocycles. The zero-order chi connectivity index (χ0) is 19.2. The molecular formula is C25H34O2. The third kappa shape index (κ3) is 3.26. The molecule has 4 rings (SSSR count). The minimum absolute atomic E-state index is 0.00182. The van der Waals surface area contributed by atoms with Crippen LogP contribution in [0.3, 0.4) is 0 Å². The molecule has 27 heavy (non-hydrogen) atoms. The van der Waals surface area contributed by atoms with Crippen LogP contribution in [0.4, 0.5) is 0 Å². The number of ether oxygens (including phenoxy) is 1. The average Bonchev–Trinajstić information content (AvgIpc) is 3.23. The van der Waals surface area contributed by atoms with E-state index in [-0.39, 0.29) is 22.9 Å². The van der Waals surface area contributed by atoms with Gasteiger partial charge in [-0.1, -0.05) is 69.7 Å². The fourth-order valence-corrected chi connectivity index (χ4v) is 5.97. The van der Waals surface area contributed by atoms with Gasteiger partial charge in [-0.05, 0) is 61.3 Å². The van der Waals surface area contributed by atoms with Gasteiger partial charge in [0.1, 0.15) is 6.10 Å². The Labute approximate surface area is 164 Å². The number of rotatable bonds is 4. The van der Waals surface area contributed by atoms with E-state index in [1.807, 2.05) is 0 Å². The fourth-order valence-electron chi connectivity index (χ4n) is 5.97. The number of carbonyl (C=O) groups excluding carboxylic acids is 1. The largest absolute Gasteiger partial charge is 0.462 e. The summed E-state index contributed by atoms with van der Waals surface area (Å²) in [6.07, 6.45) is 10.0. The van der Waals surface area contributed by atoms with Crippen molar-refractivity contribution in [1.29, 1.82) is 0 Å². The summed E-state index contributed by atoms with van der Waals surface area (Å²) in [5, 5.41) is 0. The van der Waals surface area contributed by atoms with E-state index < -0.39 is 0 Å². The van der Waals surface area contributed by atoms with Gasteiger partial charge in [-0.3, -0.25) is 4.79 Å². The van der Waals surface area contributed by atoms with Crippen LogP contribution in [0.2, 0.25) is 0 Å². The van der Waals surface area contributed by atoms with Gasteiger partial charge in [0.2, 0.25) is 0 Å². The first kappa shape index (κ1) is 18.8. The van der Waals surface area contributed by atoms with E-state index in [0.29, 0.717) is 23.7 Å². The smallest absolute Gasteiger partial charge is 0.312 e. The summed E-state index contributed by atoms with van der Waals surface area (Å²) < 4.78 is 6.35. The van der Waals surface area contributed by atoms with Crippen LogP contribution < -0.4 is 0 Å². The molecule has 2 heteroatoms. The second kappa shape index (κ2) is 6.79. The van der Waals surface area contributed by atoms with Crippen LogP contribution in [0, 0.1) is 29.1 Å². The van der Waals surface area contributed by atoms with Gasteiger partial charge in [0.05, 0.1) is 5.41 Å². The van der Waals surface area contributed by atoms with Crippen molar-refractivity contribution >= 4 is 5.97 Å². The Morgan fingerprint density at radius 3 is 2.48 bits per heavy atom. The Morgan fingerprint density at radius 2 is 1.85 bits per heavy atom. The van der Waals surface area contributed by atoms with Gasteiger partial charge in [-0.2, -0.15) is 0 Å². The lowest BCUT2D eigenvalue weighted by atomic mass is 9.64. The number of allylic oxidation sites excluding steroid dienone is 2. The van der Waals surface area contributed by atoms with Crippen molar-refractivity contribution in [3.05, 3.63) is 48.0 Å². The third-order valence-corrected chi connectivity index (χ3v) is 7.90. The molecule has 6 atom stereocenters. The van der Waals surface area contributed by atoms with Gasteiger partial charge in [-0.25, -0.2) is 0 Å². The van der Waals surface area contributed by atoms with E-state index in [9.17, 15) is 4.79 Å². The lowest BCUT2D eigenvalue weighted by Crippen LogP contribution is -2.46. The van der Waals surface area contributed by atoms with Crippen molar-refractivity contribution in [2.75, 3.05) is 0 Å². The highest BCUT2D eigenvalue weighted by atomic mass is 16.5. The lowest BCUT2D eigenvalue weighted by molar-refractivity contribution is -0.169. The Bertz CT molecular complexity index is 719. The summed E-state index contributed by atoms with van der Waals surface area (Å²) in [5.74, 6) is 1.99. The van der Waals surface area contributed by atoms with Gasteiger partial charge in [-0.15, -0.1) is 0 Å². The minimum Gasteiger partial charge on any atom is -0.462 e. The number of fused-ring (bicyclic) bond motifs is 2. The standard InChI is InChI=1S/C25H34O2/c1-17-10-13-21(24(2,3)19-8-6-5-7-9-19)22(14-17)27-23(26)25(4)16-18-11-12-20(25)15-18/h5-9,11-12,17-18,20-22H,10,13-16H2,1-4H3/t17-,18+,20-,21-,22-,25-/m1/s1. The summed E-state index contributed by atoms with van der Waals surface area (Å²) in [6.45, 7) is 9.08. The zero-order valence-electron chi connectivity index (χ0n) is 17.3. The van der Waals surface area contributed by atoms with Crippen molar-refractivity contribution in [3.8, 4) is 0 Å². The molecule has 0 amide bonds. The van der Waals surface area contributed by atoms with Crippen molar-refractivity contribution in [1.82, 2.24) is 0 Å². The highest BCUT2D eigenvalue weighted by Crippen LogP contribution is 2.53. The number of hydrogen-bond acceptors (Lipinski definition) is 2. The second-order valence-electron chi connectivity index (χ2n) is 10.2. The summed E-state index contributed by atoms with van der Waals surface area (Å²) in [4.78, 5) is 13.3. The maximum atomic E-state index is 13.3. The summed E-state index contributed by atoms with van der Waals surface area (Å²) in [7, 11) is 0. The molecule has 2 bridgehead atoms. The van der Waals surface area contributed by atoms with Crippen molar-refractivity contribution < 1.29 is 9.53 Å². The minimum atomic E-state index is -0.318. The van der Waals surface area contributed by atoms with E-state index >= 15 is 0 Å². The van der Waals surface area contributed by atoms with Crippen LogP contribution in [0.25, 0.3) is 0 Å². The Morgan fingerprint density at radius 1 is 1.11 bits per heavy atom. The molecule has 146 valence electrons. The van der Waals surface area contributed by atoms with Crippen LogP contribution in [0.15, 0.2) is 42.5 Å². The molecule has 2 saturated carbocycles. The molecule has 0 N–H and O–H groups in total. The fraction of sp³-hybridized carbons (Fsp3) is 0.640. The first-order chi connectivity index (χ1) is 12.8. The second-order valence-corrected chi connectivity index (χ2v) is 10.2. The molecule has 0 saturated heterocycles. The maximum Gasteiger partial charge on any atom is 0.312 e. The van der Waals surface area contributed by atoms with Crippen molar-refractivity contribution in [2.24, 2.45) is 29.1 Å². The highest BCUT2D eigenvalue weighted by molar-refractivity contribution is 5.78. The topological polar surface area (TPSA) is 26.3 Å². The Hall–Kier alpha value is -1.57. The van der Waals surface area contributed by atoms with Gasteiger partial charge in [0, 0.05) is 5.92 Å². The lowest BCUT2D eigenvalue weighted by Gasteiger charge is -2.45. The SMILES string of the molecule is C[C@@H]1CC[C@@H](C(C)(C)c2ccccc2)[C@H](OC(=O)[C@]2(C)C[C@H]3C=C[C@@H]2C3)C1. The predicted molar refractivity (Wildman–Crippen MR) is 109 cm³/mol. The van der Waals surface area contributed by atoms with Gasteiger partial charge >= 0.3 is 5.97 Å². The molecule has 3 aliphatic carbocycles. The van der Waals surface area contributed by atoms with Crippen LogP contribution in [-0.4, -0.2) is 12.1 Å². The molecule has 0 radical (unpaired) electrons. The molecule has 1 aromatic rings. The summed E-state index contributed by atoms with van der Waals surface area (Å²) in [6, 6.07) is 10.7. The van der Waals surface area contributed by atoms with E-state index in [1.54, 1.807) is 0 Å². The molecule has 1 aromatic carbocycles. The van der Waals surface area contributed by atoms with E-state index in [4.69, 9.17) is 4.74 Å². The van der Waals surface area contributed by atoms with Crippen LogP contribution in [0.5, 0.6) is 0 Å². The molecule has 0 unspecified atom stereocenters. The molecule has 0 aliphatic heterocycles. The van der Waals surface area contributed by atoms with Crippen LogP contribution in [-0.2, 0) is 14.9 Å². The Balaban J connectivity index is 1.55. The molecule has 3 aliphatic rings. The van der Waals surface area contributed by atoms with Gasteiger partial charge < -0.3 is 4.74 Å². The number of hydrogen-bond donors (Lipinski definition) is 0.